The van der Waals surface area contributed by atoms with Crippen molar-refractivity contribution >= 4 is 42.6 Å². The van der Waals surface area contributed by atoms with E-state index in [-0.39, 0.29) is 12.5 Å². The van der Waals surface area contributed by atoms with Gasteiger partial charge in [-0.2, -0.15) is 0 Å². The van der Waals surface area contributed by atoms with Gasteiger partial charge in [0.15, 0.2) is 0 Å². The minimum absolute atomic E-state index is 0.123. The summed E-state index contributed by atoms with van der Waals surface area (Å²) in [6.45, 7) is 1.23. The van der Waals surface area contributed by atoms with Gasteiger partial charge in [-0.1, -0.05) is 11.6 Å². The molecule has 0 fully saturated rings. The molecule has 0 aliphatic heterocycles. The van der Waals surface area contributed by atoms with Gasteiger partial charge in [-0.15, -0.1) is 23.2 Å². The summed E-state index contributed by atoms with van der Waals surface area (Å²) < 4.78 is 19.8. The second-order valence-corrected chi connectivity index (χ2v) is 5.11. The summed E-state index contributed by atoms with van der Waals surface area (Å²) in [6, 6.07) is 0. The van der Waals surface area contributed by atoms with Crippen LogP contribution in [0.1, 0.15) is 6.92 Å². The number of phosphoric acid groups is 1. The summed E-state index contributed by atoms with van der Waals surface area (Å²) in [7, 11) is -4.09. The number of rotatable bonds is 6. The summed E-state index contributed by atoms with van der Waals surface area (Å²) in [5, 5.41) is -0.531. The van der Waals surface area contributed by atoms with Crippen LogP contribution in [0, 0.1) is 0 Å². The molecule has 0 radical (unpaired) electrons. The van der Waals surface area contributed by atoms with Crippen LogP contribution < -0.4 is 0 Å². The van der Waals surface area contributed by atoms with E-state index in [2.05, 4.69) is 9.05 Å². The Morgan fingerprint density at radius 3 is 2.46 bits per heavy atom. The van der Waals surface area contributed by atoms with Crippen molar-refractivity contribution < 1.29 is 18.5 Å². The topological polar surface area (TPSA) is 55.8 Å². The Balaban J connectivity index is 3.82. The number of hydrogen-bond acceptors (Lipinski definition) is 3. The molecule has 0 bridgehead atoms. The number of alkyl halides is 3. The first-order valence-corrected chi connectivity index (χ1v) is 6.27. The smallest absolute Gasteiger partial charge is 0.302 e. The molecule has 8 heteroatoms. The van der Waals surface area contributed by atoms with Gasteiger partial charge in [0.25, 0.3) is 0 Å². The molecular formula is C5H10Cl3O4P. The van der Waals surface area contributed by atoms with E-state index in [1.165, 1.54) is 6.92 Å². The van der Waals surface area contributed by atoms with Gasteiger partial charge >= 0.3 is 7.82 Å². The molecule has 0 spiro atoms. The molecule has 3 atom stereocenters. The van der Waals surface area contributed by atoms with Gasteiger partial charge < -0.3 is 4.89 Å². The fourth-order valence-corrected chi connectivity index (χ4v) is 1.77. The standard InChI is InChI=1S/C5H10Cl3O4P/c1-4(7)12-13(9,10)11-3-5(8)2-6/h4-5H,2-3H2,1H3,(H,9,10). The zero-order chi connectivity index (χ0) is 10.5. The van der Waals surface area contributed by atoms with Crippen LogP contribution in [0.25, 0.3) is 0 Å². The van der Waals surface area contributed by atoms with Gasteiger partial charge in [0.2, 0.25) is 0 Å². The largest absolute Gasteiger partial charge is 0.473 e. The van der Waals surface area contributed by atoms with Crippen LogP contribution in [-0.4, -0.2) is 28.3 Å². The molecule has 1 N–H and O–H groups in total. The van der Waals surface area contributed by atoms with Crippen molar-refractivity contribution in [2.75, 3.05) is 12.5 Å². The van der Waals surface area contributed by atoms with Crippen molar-refractivity contribution in [1.82, 2.24) is 0 Å². The summed E-state index contributed by atoms with van der Waals surface area (Å²) in [4.78, 5) is 8.95. The van der Waals surface area contributed by atoms with Crippen LogP contribution in [0.3, 0.4) is 0 Å². The highest BCUT2D eigenvalue weighted by Gasteiger charge is 2.24. The Bertz CT molecular complexity index is 189. The highest BCUT2D eigenvalue weighted by molar-refractivity contribution is 7.47. The van der Waals surface area contributed by atoms with Gasteiger partial charge in [0.1, 0.15) is 5.56 Å². The lowest BCUT2D eigenvalue weighted by molar-refractivity contribution is 0.144. The lowest BCUT2D eigenvalue weighted by Gasteiger charge is -2.14. The molecule has 0 aromatic heterocycles. The molecule has 4 nitrogen and oxygen atoms in total. The predicted molar refractivity (Wildman–Crippen MR) is 52.5 cm³/mol. The monoisotopic (exact) mass is 270 g/mol. The predicted octanol–water partition coefficient (Wildman–Crippen LogP) is 2.55. The summed E-state index contributed by atoms with van der Waals surface area (Å²) in [5.74, 6) is 0.123. The SMILES string of the molecule is CC(Cl)OP(=O)(O)OCC(Cl)CCl. The van der Waals surface area contributed by atoms with E-state index in [1.807, 2.05) is 0 Å². The molecule has 0 amide bonds. The lowest BCUT2D eigenvalue weighted by atomic mass is 10.5. The van der Waals surface area contributed by atoms with Gasteiger partial charge in [-0.3, -0.25) is 9.05 Å². The molecule has 0 aliphatic rings. The fourth-order valence-electron chi connectivity index (χ4n) is 0.434. The van der Waals surface area contributed by atoms with Crippen LogP contribution in [0.2, 0.25) is 0 Å². The highest BCUT2D eigenvalue weighted by Crippen LogP contribution is 2.45. The third-order valence-electron chi connectivity index (χ3n) is 0.864. The van der Waals surface area contributed by atoms with E-state index < -0.39 is 18.8 Å². The zero-order valence-corrected chi connectivity index (χ0v) is 9.98. The van der Waals surface area contributed by atoms with Crippen LogP contribution in [0.5, 0.6) is 0 Å². The van der Waals surface area contributed by atoms with Crippen molar-refractivity contribution in [2.45, 2.75) is 17.9 Å². The maximum Gasteiger partial charge on any atom is 0.473 e. The van der Waals surface area contributed by atoms with Crippen LogP contribution in [0.15, 0.2) is 0 Å². The van der Waals surface area contributed by atoms with Crippen molar-refractivity contribution in [3.63, 3.8) is 0 Å². The summed E-state index contributed by atoms with van der Waals surface area (Å²) in [6.07, 6.45) is 0. The quantitative estimate of drug-likeness (QED) is 0.596. The molecule has 0 aliphatic carbocycles. The van der Waals surface area contributed by atoms with Crippen molar-refractivity contribution in [3.05, 3.63) is 0 Å². The average molecular weight is 271 g/mol. The van der Waals surface area contributed by atoms with E-state index in [0.717, 1.165) is 0 Å². The summed E-state index contributed by atoms with van der Waals surface area (Å²) >= 11 is 16.2. The van der Waals surface area contributed by atoms with Crippen LogP contribution in [0.4, 0.5) is 0 Å². The molecule has 13 heavy (non-hydrogen) atoms. The summed E-state index contributed by atoms with van der Waals surface area (Å²) in [5.41, 5.74) is -0.902. The maximum absolute atomic E-state index is 11.0. The maximum atomic E-state index is 11.0. The molecule has 0 aromatic rings. The minimum Gasteiger partial charge on any atom is -0.302 e. The molecule has 0 saturated heterocycles. The van der Waals surface area contributed by atoms with E-state index in [1.54, 1.807) is 0 Å². The third-order valence-corrected chi connectivity index (χ3v) is 2.95. The normalized spacial score (nSPS) is 20.7. The third kappa shape index (κ3) is 8.01. The second kappa shape index (κ2) is 6.46. The molecule has 0 aromatic carbocycles. The van der Waals surface area contributed by atoms with E-state index in [4.69, 9.17) is 39.7 Å². The van der Waals surface area contributed by atoms with E-state index >= 15 is 0 Å². The Morgan fingerprint density at radius 1 is 1.54 bits per heavy atom. The number of phosphoric ester groups is 1. The van der Waals surface area contributed by atoms with E-state index in [9.17, 15) is 4.57 Å². The minimum atomic E-state index is -4.09. The lowest BCUT2D eigenvalue weighted by Crippen LogP contribution is -2.11. The van der Waals surface area contributed by atoms with E-state index in [0.29, 0.717) is 0 Å². The Morgan fingerprint density at radius 2 is 2.08 bits per heavy atom. The van der Waals surface area contributed by atoms with Gasteiger partial charge in [0.05, 0.1) is 12.0 Å². The zero-order valence-electron chi connectivity index (χ0n) is 6.82. The molecule has 80 valence electrons. The van der Waals surface area contributed by atoms with Crippen LogP contribution >= 0.6 is 42.6 Å². The average Bonchev–Trinajstić information content (AvgIpc) is 1.98. The second-order valence-electron chi connectivity index (χ2n) is 2.16. The van der Waals surface area contributed by atoms with Gasteiger partial charge in [0, 0.05) is 5.88 Å². The fraction of sp³-hybridized carbons (Fsp3) is 1.00. The van der Waals surface area contributed by atoms with Crippen molar-refractivity contribution in [1.29, 1.82) is 0 Å². The Labute approximate surface area is 91.7 Å². The van der Waals surface area contributed by atoms with Gasteiger partial charge in [-0.05, 0) is 6.92 Å². The van der Waals surface area contributed by atoms with Gasteiger partial charge in [-0.25, -0.2) is 4.57 Å². The Kier molecular flexibility index (Phi) is 6.95. The van der Waals surface area contributed by atoms with Crippen LogP contribution in [-0.2, 0) is 13.6 Å². The first kappa shape index (κ1) is 14.0. The van der Waals surface area contributed by atoms with Crippen molar-refractivity contribution in [2.24, 2.45) is 0 Å². The molecule has 0 saturated carbocycles. The molecule has 0 heterocycles. The Hall–Kier alpha value is 0.980. The molecule has 3 unspecified atom stereocenters. The molecule has 0 rings (SSSR count). The molecular weight excluding hydrogens is 261 g/mol. The number of halogens is 3. The number of hydrogen-bond donors (Lipinski definition) is 1. The first-order chi connectivity index (χ1) is 5.87. The van der Waals surface area contributed by atoms with Crippen molar-refractivity contribution in [3.8, 4) is 0 Å². The highest BCUT2D eigenvalue weighted by atomic mass is 35.5. The first-order valence-electron chi connectivity index (χ1n) is 3.37.